The number of hydrazine groups is 1. The molecule has 1 saturated carbocycles. The van der Waals surface area contributed by atoms with E-state index in [1.54, 1.807) is 14.2 Å². The summed E-state index contributed by atoms with van der Waals surface area (Å²) < 4.78 is 10.5. The van der Waals surface area contributed by atoms with Crippen LogP contribution in [0.3, 0.4) is 0 Å². The van der Waals surface area contributed by atoms with Crippen molar-refractivity contribution in [1.82, 2.24) is 10.7 Å². The Morgan fingerprint density at radius 1 is 1.50 bits per heavy atom. The summed E-state index contributed by atoms with van der Waals surface area (Å²) in [6.07, 6.45) is 1.19. The highest BCUT2D eigenvalue weighted by Gasteiger charge is 2.48. The number of ether oxygens (including phenoxy) is 2. The Balaban J connectivity index is 2.58. The monoisotopic (exact) mass is 258 g/mol. The van der Waals surface area contributed by atoms with Gasteiger partial charge in [-0.3, -0.25) is 5.43 Å². The first-order chi connectivity index (χ1) is 8.45. The number of nitrogens with zero attached hydrogens (tertiary/aromatic N) is 1. The van der Waals surface area contributed by atoms with E-state index in [0.29, 0.717) is 12.6 Å². The van der Waals surface area contributed by atoms with Crippen LogP contribution >= 0.6 is 0 Å². The molecule has 1 aliphatic carbocycles. The van der Waals surface area contributed by atoms with Crippen LogP contribution in [0.2, 0.25) is 0 Å². The Morgan fingerprint density at radius 2 is 2.17 bits per heavy atom. The number of guanidine groups is 1. The lowest BCUT2D eigenvalue weighted by molar-refractivity contribution is -0.0852. The Morgan fingerprint density at radius 3 is 2.61 bits per heavy atom. The zero-order valence-electron chi connectivity index (χ0n) is 12.0. The molecule has 0 bridgehead atoms. The van der Waals surface area contributed by atoms with E-state index in [9.17, 15) is 0 Å². The summed E-state index contributed by atoms with van der Waals surface area (Å²) in [7, 11) is 3.41. The number of nitrogens with one attached hydrogen (secondary N) is 2. The second kappa shape index (κ2) is 6.36. The first-order valence-electron chi connectivity index (χ1n) is 6.28. The van der Waals surface area contributed by atoms with E-state index in [4.69, 9.17) is 15.3 Å². The second-order valence-corrected chi connectivity index (χ2v) is 5.42. The second-order valence-electron chi connectivity index (χ2n) is 5.42. The number of nitrogens with two attached hydrogens (primary N) is 1. The van der Waals surface area contributed by atoms with E-state index < -0.39 is 0 Å². The minimum atomic E-state index is 0.0447. The maximum Gasteiger partial charge on any atom is 0.206 e. The summed E-state index contributed by atoms with van der Waals surface area (Å²) in [6, 6.07) is 0.377. The lowest BCUT2D eigenvalue weighted by atomic mass is 9.65. The van der Waals surface area contributed by atoms with Gasteiger partial charge in [-0.15, -0.1) is 0 Å². The van der Waals surface area contributed by atoms with Crippen LogP contribution in [0.5, 0.6) is 0 Å². The molecule has 0 saturated heterocycles. The number of aliphatic imine (C=N–C) groups is 1. The zero-order valence-corrected chi connectivity index (χ0v) is 12.0. The van der Waals surface area contributed by atoms with Gasteiger partial charge in [0.1, 0.15) is 0 Å². The predicted molar refractivity (Wildman–Crippen MR) is 72.2 cm³/mol. The molecule has 1 fully saturated rings. The number of hydrogen-bond donors (Lipinski definition) is 3. The molecule has 0 amide bonds. The van der Waals surface area contributed by atoms with E-state index in [2.05, 4.69) is 29.6 Å². The van der Waals surface area contributed by atoms with Crippen LogP contribution in [0, 0.1) is 5.41 Å². The van der Waals surface area contributed by atoms with Crippen molar-refractivity contribution in [2.45, 2.75) is 45.4 Å². The summed E-state index contributed by atoms with van der Waals surface area (Å²) in [4.78, 5) is 4.61. The Kier molecular flexibility index (Phi) is 5.37. The fraction of sp³-hybridized carbons (Fsp3) is 0.917. The van der Waals surface area contributed by atoms with Gasteiger partial charge in [0, 0.05) is 25.7 Å². The average molecular weight is 258 g/mol. The van der Waals surface area contributed by atoms with Gasteiger partial charge in [0.2, 0.25) is 5.96 Å². The van der Waals surface area contributed by atoms with Gasteiger partial charge in [0.25, 0.3) is 0 Å². The topological polar surface area (TPSA) is 80.9 Å². The molecule has 1 aliphatic rings. The van der Waals surface area contributed by atoms with Crippen molar-refractivity contribution in [1.29, 1.82) is 0 Å². The molecule has 1 rings (SSSR count). The molecule has 3 unspecified atom stereocenters. The van der Waals surface area contributed by atoms with Crippen LogP contribution in [0.4, 0.5) is 0 Å². The Bertz CT molecular complexity index is 294. The summed E-state index contributed by atoms with van der Waals surface area (Å²) in [5, 5.41) is 3.19. The predicted octanol–water partition coefficient (Wildman–Crippen LogP) is 0.244. The van der Waals surface area contributed by atoms with Crippen LogP contribution < -0.4 is 16.6 Å². The van der Waals surface area contributed by atoms with Crippen molar-refractivity contribution in [3.8, 4) is 0 Å². The molecule has 0 heterocycles. The SMILES string of the molecule is COCC(C)NC(=NC1CC(OC)C1(C)C)NN. The molecule has 6 nitrogen and oxygen atoms in total. The number of hydrogen-bond acceptors (Lipinski definition) is 4. The van der Waals surface area contributed by atoms with E-state index in [1.165, 1.54) is 0 Å². The normalized spacial score (nSPS) is 28.4. The van der Waals surface area contributed by atoms with Gasteiger partial charge >= 0.3 is 0 Å². The molecule has 0 radical (unpaired) electrons. The van der Waals surface area contributed by atoms with Crippen molar-refractivity contribution < 1.29 is 9.47 Å². The fourth-order valence-electron chi connectivity index (χ4n) is 2.28. The molecule has 0 aromatic carbocycles. The third kappa shape index (κ3) is 3.34. The quantitative estimate of drug-likeness (QED) is 0.285. The maximum atomic E-state index is 5.48. The van der Waals surface area contributed by atoms with Gasteiger partial charge in [0.15, 0.2) is 0 Å². The van der Waals surface area contributed by atoms with Gasteiger partial charge in [-0.05, 0) is 13.3 Å². The molecular formula is C12H26N4O2. The lowest BCUT2D eigenvalue weighted by Gasteiger charge is -2.49. The third-order valence-electron chi connectivity index (χ3n) is 3.63. The highest BCUT2D eigenvalue weighted by molar-refractivity contribution is 5.79. The van der Waals surface area contributed by atoms with Crippen LogP contribution in [0.25, 0.3) is 0 Å². The number of methoxy groups -OCH3 is 2. The fourth-order valence-corrected chi connectivity index (χ4v) is 2.28. The van der Waals surface area contributed by atoms with Crippen molar-refractivity contribution >= 4 is 5.96 Å². The molecule has 106 valence electrons. The molecule has 3 atom stereocenters. The first-order valence-corrected chi connectivity index (χ1v) is 6.28. The molecule has 0 aromatic rings. The van der Waals surface area contributed by atoms with Gasteiger partial charge < -0.3 is 14.8 Å². The van der Waals surface area contributed by atoms with Crippen LogP contribution in [0.15, 0.2) is 4.99 Å². The summed E-state index contributed by atoms with van der Waals surface area (Å²) >= 11 is 0. The van der Waals surface area contributed by atoms with Crippen LogP contribution in [-0.2, 0) is 9.47 Å². The molecule has 6 heteroatoms. The van der Waals surface area contributed by atoms with E-state index in [-0.39, 0.29) is 23.6 Å². The molecular weight excluding hydrogens is 232 g/mol. The van der Waals surface area contributed by atoms with Crippen LogP contribution in [-0.4, -0.2) is 45.0 Å². The maximum absolute atomic E-state index is 5.48. The standard InChI is InChI=1S/C12H26N4O2/c1-8(7-17-4)14-11(16-13)15-9-6-10(18-5)12(9,2)3/h8-10H,6-7,13H2,1-5H3,(H2,14,15,16). The van der Waals surface area contributed by atoms with E-state index >= 15 is 0 Å². The highest BCUT2D eigenvalue weighted by atomic mass is 16.5. The van der Waals surface area contributed by atoms with Gasteiger partial charge in [-0.1, -0.05) is 13.8 Å². The van der Waals surface area contributed by atoms with E-state index in [0.717, 1.165) is 6.42 Å². The summed E-state index contributed by atoms with van der Waals surface area (Å²) in [5.41, 5.74) is 2.65. The van der Waals surface area contributed by atoms with Gasteiger partial charge in [-0.2, -0.15) is 0 Å². The average Bonchev–Trinajstić information content (AvgIpc) is 2.32. The van der Waals surface area contributed by atoms with Crippen molar-refractivity contribution in [2.75, 3.05) is 20.8 Å². The van der Waals surface area contributed by atoms with E-state index in [1.807, 2.05) is 6.92 Å². The minimum Gasteiger partial charge on any atom is -0.383 e. The summed E-state index contributed by atoms with van der Waals surface area (Å²) in [6.45, 7) is 6.94. The molecule has 0 aromatic heterocycles. The van der Waals surface area contributed by atoms with Crippen molar-refractivity contribution in [2.24, 2.45) is 16.3 Å². The third-order valence-corrected chi connectivity index (χ3v) is 3.63. The lowest BCUT2D eigenvalue weighted by Crippen LogP contribution is -2.56. The smallest absolute Gasteiger partial charge is 0.206 e. The first kappa shape index (κ1) is 15.2. The largest absolute Gasteiger partial charge is 0.383 e. The highest BCUT2D eigenvalue weighted by Crippen LogP contribution is 2.44. The molecule has 0 spiro atoms. The molecule has 0 aliphatic heterocycles. The van der Waals surface area contributed by atoms with Crippen LogP contribution in [0.1, 0.15) is 27.2 Å². The van der Waals surface area contributed by atoms with Gasteiger partial charge in [-0.25, -0.2) is 10.8 Å². The van der Waals surface area contributed by atoms with Crippen molar-refractivity contribution in [3.05, 3.63) is 0 Å². The Hall–Kier alpha value is -0.850. The van der Waals surface area contributed by atoms with Gasteiger partial charge in [0.05, 0.1) is 18.8 Å². The zero-order chi connectivity index (χ0) is 13.8. The minimum absolute atomic E-state index is 0.0447. The Labute approximate surface area is 109 Å². The molecule has 18 heavy (non-hydrogen) atoms. The van der Waals surface area contributed by atoms with Crippen molar-refractivity contribution in [3.63, 3.8) is 0 Å². The number of rotatable bonds is 5. The summed E-state index contributed by atoms with van der Waals surface area (Å²) in [5.74, 6) is 6.09. The molecule has 4 N–H and O–H groups in total.